The van der Waals surface area contributed by atoms with Crippen LogP contribution in [-0.4, -0.2) is 6.04 Å². The second-order valence-electron chi connectivity index (χ2n) is 8.64. The molecule has 0 saturated heterocycles. The molecule has 1 aromatic rings. The summed E-state index contributed by atoms with van der Waals surface area (Å²) in [6.45, 7) is 2.19. The Morgan fingerprint density at radius 3 is 2.04 bits per heavy atom. The zero-order valence-electron chi connectivity index (χ0n) is 17.1. The topological polar surface area (TPSA) is 52.0 Å². The Labute approximate surface area is 162 Å². The van der Waals surface area contributed by atoms with E-state index in [1.807, 2.05) is 0 Å². The minimum atomic E-state index is 0.426. The van der Waals surface area contributed by atoms with Gasteiger partial charge >= 0.3 is 0 Å². The van der Waals surface area contributed by atoms with E-state index in [4.69, 9.17) is 11.5 Å². The van der Waals surface area contributed by atoms with Crippen LogP contribution in [-0.2, 0) is 5.41 Å². The first-order valence-electron chi connectivity index (χ1n) is 11.3. The highest BCUT2D eigenvalue weighted by Crippen LogP contribution is 2.43. The van der Waals surface area contributed by atoms with Crippen molar-refractivity contribution in [2.75, 3.05) is 5.73 Å². The molecule has 2 nitrogen and oxygen atoms in total. The Kier molecular flexibility index (Phi) is 9.53. The molecular formula is C24H42N2. The molecule has 2 heteroatoms. The number of rotatable bonds is 12. The van der Waals surface area contributed by atoms with Gasteiger partial charge in [-0.15, -0.1) is 0 Å². The van der Waals surface area contributed by atoms with Crippen molar-refractivity contribution in [3.05, 3.63) is 29.8 Å². The van der Waals surface area contributed by atoms with Crippen molar-refractivity contribution in [1.82, 2.24) is 0 Å². The van der Waals surface area contributed by atoms with Gasteiger partial charge in [-0.25, -0.2) is 0 Å². The van der Waals surface area contributed by atoms with Gasteiger partial charge in [0.25, 0.3) is 0 Å². The van der Waals surface area contributed by atoms with Crippen molar-refractivity contribution in [2.24, 2.45) is 5.73 Å². The minimum absolute atomic E-state index is 0.426. The van der Waals surface area contributed by atoms with Crippen LogP contribution in [0.2, 0.25) is 0 Å². The lowest BCUT2D eigenvalue weighted by Crippen LogP contribution is -2.29. The van der Waals surface area contributed by atoms with Gasteiger partial charge < -0.3 is 11.5 Å². The Bertz CT molecular complexity index is 473. The SMILES string of the molecule is CCC(N)CCCCCCCCCC1(c2ccc(N)cc2)CCCCC1. The van der Waals surface area contributed by atoms with Crippen molar-refractivity contribution >= 4 is 5.69 Å². The first kappa shape index (κ1) is 21.3. The highest BCUT2D eigenvalue weighted by Gasteiger charge is 2.32. The number of anilines is 1. The van der Waals surface area contributed by atoms with Gasteiger partial charge in [-0.05, 0) is 55.2 Å². The normalized spacial score (nSPS) is 17.9. The van der Waals surface area contributed by atoms with E-state index in [1.165, 1.54) is 89.9 Å². The molecule has 26 heavy (non-hydrogen) atoms. The van der Waals surface area contributed by atoms with E-state index in [1.54, 1.807) is 5.56 Å². The summed E-state index contributed by atoms with van der Waals surface area (Å²) in [7, 11) is 0. The smallest absolute Gasteiger partial charge is 0.0314 e. The van der Waals surface area contributed by atoms with Crippen molar-refractivity contribution < 1.29 is 0 Å². The molecule has 0 aliphatic heterocycles. The third-order valence-corrected chi connectivity index (χ3v) is 6.59. The summed E-state index contributed by atoms with van der Waals surface area (Å²) in [5.41, 5.74) is 14.8. The predicted octanol–water partition coefficient (Wildman–Crippen LogP) is 6.72. The first-order valence-corrected chi connectivity index (χ1v) is 11.3. The number of nitrogens with two attached hydrogens (primary N) is 2. The van der Waals surface area contributed by atoms with Gasteiger partial charge in [0.2, 0.25) is 0 Å². The summed E-state index contributed by atoms with van der Waals surface area (Å²) in [5, 5.41) is 0. The number of nitrogen functional groups attached to an aromatic ring is 1. The molecule has 0 heterocycles. The highest BCUT2D eigenvalue weighted by atomic mass is 14.6. The fourth-order valence-corrected chi connectivity index (χ4v) is 4.71. The molecular weight excluding hydrogens is 316 g/mol. The fraction of sp³-hybridized carbons (Fsp3) is 0.750. The van der Waals surface area contributed by atoms with E-state index in [0.717, 1.165) is 12.1 Å². The molecule has 1 aliphatic carbocycles. The third kappa shape index (κ3) is 6.95. The quantitative estimate of drug-likeness (QED) is 0.322. The predicted molar refractivity (Wildman–Crippen MR) is 115 cm³/mol. The van der Waals surface area contributed by atoms with Gasteiger partial charge in [0, 0.05) is 11.7 Å². The average Bonchev–Trinajstić information content (AvgIpc) is 2.67. The monoisotopic (exact) mass is 358 g/mol. The average molecular weight is 359 g/mol. The standard InChI is InChI=1S/C24H42N2/c1-2-22(25)13-9-6-4-3-5-7-10-18-24(19-11-8-12-20-24)21-14-16-23(26)17-15-21/h14-17,22H,2-13,18-20,25-26H2,1H3. The Hall–Kier alpha value is -1.02. The molecule has 4 N–H and O–H groups in total. The molecule has 1 saturated carbocycles. The van der Waals surface area contributed by atoms with E-state index in [2.05, 4.69) is 31.2 Å². The largest absolute Gasteiger partial charge is 0.399 e. The fourth-order valence-electron chi connectivity index (χ4n) is 4.71. The van der Waals surface area contributed by atoms with Crippen LogP contribution in [0.4, 0.5) is 5.69 Å². The number of hydrogen-bond acceptors (Lipinski definition) is 2. The molecule has 2 rings (SSSR count). The molecule has 1 unspecified atom stereocenters. The highest BCUT2D eigenvalue weighted by molar-refractivity contribution is 5.41. The first-order chi connectivity index (χ1) is 12.7. The van der Waals surface area contributed by atoms with Crippen molar-refractivity contribution in [2.45, 2.75) is 115 Å². The number of unbranched alkanes of at least 4 members (excludes halogenated alkanes) is 6. The van der Waals surface area contributed by atoms with Crippen LogP contribution < -0.4 is 11.5 Å². The van der Waals surface area contributed by atoms with E-state index >= 15 is 0 Å². The van der Waals surface area contributed by atoms with Gasteiger partial charge in [-0.1, -0.05) is 83.3 Å². The van der Waals surface area contributed by atoms with Gasteiger partial charge in [0.15, 0.2) is 0 Å². The molecule has 1 aliphatic rings. The van der Waals surface area contributed by atoms with Crippen LogP contribution >= 0.6 is 0 Å². The molecule has 1 fully saturated rings. The van der Waals surface area contributed by atoms with Crippen LogP contribution in [0.1, 0.15) is 109 Å². The van der Waals surface area contributed by atoms with Crippen molar-refractivity contribution in [3.8, 4) is 0 Å². The summed E-state index contributed by atoms with van der Waals surface area (Å²) < 4.78 is 0. The minimum Gasteiger partial charge on any atom is -0.399 e. The summed E-state index contributed by atoms with van der Waals surface area (Å²) in [4.78, 5) is 0. The van der Waals surface area contributed by atoms with Crippen LogP contribution in [0.15, 0.2) is 24.3 Å². The van der Waals surface area contributed by atoms with Crippen molar-refractivity contribution in [3.63, 3.8) is 0 Å². The second kappa shape index (κ2) is 11.6. The third-order valence-electron chi connectivity index (χ3n) is 6.59. The van der Waals surface area contributed by atoms with E-state index in [0.29, 0.717) is 11.5 Å². The molecule has 0 amide bonds. The summed E-state index contributed by atoms with van der Waals surface area (Å²) in [6.07, 6.45) is 20.3. The molecule has 148 valence electrons. The van der Waals surface area contributed by atoms with Gasteiger partial charge in [-0.3, -0.25) is 0 Å². The van der Waals surface area contributed by atoms with Gasteiger partial charge in [-0.2, -0.15) is 0 Å². The molecule has 0 bridgehead atoms. The maximum absolute atomic E-state index is 5.99. The molecule has 1 aromatic carbocycles. The Morgan fingerprint density at radius 1 is 0.846 bits per heavy atom. The lowest BCUT2D eigenvalue weighted by molar-refractivity contribution is 0.265. The van der Waals surface area contributed by atoms with Gasteiger partial charge in [0.05, 0.1) is 0 Å². The summed E-state index contributed by atoms with van der Waals surface area (Å²) in [6, 6.07) is 9.20. The Balaban J connectivity index is 1.66. The number of hydrogen-bond donors (Lipinski definition) is 2. The maximum atomic E-state index is 5.99. The van der Waals surface area contributed by atoms with E-state index in [9.17, 15) is 0 Å². The maximum Gasteiger partial charge on any atom is 0.0314 e. The van der Waals surface area contributed by atoms with E-state index in [-0.39, 0.29) is 0 Å². The lowest BCUT2D eigenvalue weighted by atomic mass is 9.66. The van der Waals surface area contributed by atoms with Crippen molar-refractivity contribution in [1.29, 1.82) is 0 Å². The molecule has 1 atom stereocenters. The van der Waals surface area contributed by atoms with E-state index < -0.39 is 0 Å². The van der Waals surface area contributed by atoms with Crippen LogP contribution in [0, 0.1) is 0 Å². The molecule has 0 radical (unpaired) electrons. The Morgan fingerprint density at radius 2 is 1.42 bits per heavy atom. The van der Waals surface area contributed by atoms with Crippen LogP contribution in [0.25, 0.3) is 0 Å². The second-order valence-corrected chi connectivity index (χ2v) is 8.64. The van der Waals surface area contributed by atoms with Crippen LogP contribution in [0.5, 0.6) is 0 Å². The molecule has 0 aromatic heterocycles. The summed E-state index contributed by atoms with van der Waals surface area (Å²) >= 11 is 0. The van der Waals surface area contributed by atoms with Crippen LogP contribution in [0.3, 0.4) is 0 Å². The van der Waals surface area contributed by atoms with Gasteiger partial charge in [0.1, 0.15) is 0 Å². The zero-order valence-corrected chi connectivity index (χ0v) is 17.1. The zero-order chi connectivity index (χ0) is 18.7. The summed E-state index contributed by atoms with van der Waals surface area (Å²) in [5.74, 6) is 0. The molecule has 0 spiro atoms. The lowest BCUT2D eigenvalue weighted by Gasteiger charge is -2.38. The number of benzene rings is 1.